The normalized spacial score (nSPS) is 34.1. The molecule has 0 amide bonds. The maximum atomic E-state index is 5.97. The van der Waals surface area contributed by atoms with Crippen LogP contribution in [0.3, 0.4) is 0 Å². The molecule has 3 fully saturated rings. The fraction of sp³-hybridized carbons (Fsp3) is 1.00. The summed E-state index contributed by atoms with van der Waals surface area (Å²) in [6, 6.07) is 0. The minimum Gasteiger partial charge on any atom is -0.329 e. The van der Waals surface area contributed by atoms with E-state index in [1.165, 1.54) is 58.0 Å². The van der Waals surface area contributed by atoms with Crippen LogP contribution in [0.15, 0.2) is 0 Å². The van der Waals surface area contributed by atoms with Gasteiger partial charge < -0.3 is 5.73 Å². The van der Waals surface area contributed by atoms with E-state index >= 15 is 0 Å². The van der Waals surface area contributed by atoms with Crippen LogP contribution in [0.25, 0.3) is 0 Å². The highest BCUT2D eigenvalue weighted by atomic mass is 15.2. The Morgan fingerprint density at radius 1 is 1.00 bits per heavy atom. The molecule has 1 spiro atoms. The molecule has 3 rings (SSSR count). The first kappa shape index (κ1) is 9.17. The van der Waals surface area contributed by atoms with Crippen LogP contribution in [-0.2, 0) is 0 Å². The van der Waals surface area contributed by atoms with Crippen LogP contribution in [0.1, 0.15) is 44.9 Å². The Labute approximate surface area is 86.8 Å². The molecule has 0 atom stereocenters. The van der Waals surface area contributed by atoms with E-state index in [1.54, 1.807) is 0 Å². The number of hydrogen-bond donors (Lipinski definition) is 1. The van der Waals surface area contributed by atoms with Crippen molar-refractivity contribution >= 4 is 0 Å². The zero-order valence-electron chi connectivity index (χ0n) is 9.10. The van der Waals surface area contributed by atoms with Crippen LogP contribution >= 0.6 is 0 Å². The SMILES string of the molecule is NCC1(N2CCCC3(CC3)C2)CCC1. The van der Waals surface area contributed by atoms with Gasteiger partial charge in [0.25, 0.3) is 0 Å². The fourth-order valence-electron chi connectivity index (χ4n) is 3.43. The number of nitrogens with zero attached hydrogens (tertiary/aromatic N) is 1. The maximum Gasteiger partial charge on any atom is 0.0332 e. The van der Waals surface area contributed by atoms with Gasteiger partial charge in [0.05, 0.1) is 0 Å². The van der Waals surface area contributed by atoms with Crippen molar-refractivity contribution in [1.82, 2.24) is 4.90 Å². The monoisotopic (exact) mass is 194 g/mol. The molecule has 0 aromatic rings. The summed E-state index contributed by atoms with van der Waals surface area (Å²) >= 11 is 0. The average molecular weight is 194 g/mol. The predicted octanol–water partition coefficient (Wildman–Crippen LogP) is 1.74. The van der Waals surface area contributed by atoms with E-state index < -0.39 is 0 Å². The van der Waals surface area contributed by atoms with Gasteiger partial charge in [-0.1, -0.05) is 0 Å². The summed E-state index contributed by atoms with van der Waals surface area (Å²) in [6.07, 6.45) is 10.0. The number of hydrogen-bond acceptors (Lipinski definition) is 2. The molecule has 14 heavy (non-hydrogen) atoms. The van der Waals surface area contributed by atoms with Crippen molar-refractivity contribution in [3.63, 3.8) is 0 Å². The van der Waals surface area contributed by atoms with Crippen LogP contribution in [0.5, 0.6) is 0 Å². The number of likely N-dealkylation sites (tertiary alicyclic amines) is 1. The number of nitrogens with two attached hydrogens (primary N) is 1. The molecule has 1 aliphatic heterocycles. The average Bonchev–Trinajstić information content (AvgIpc) is 2.84. The molecule has 3 aliphatic rings. The van der Waals surface area contributed by atoms with E-state index in [-0.39, 0.29) is 0 Å². The van der Waals surface area contributed by atoms with Crippen molar-refractivity contribution in [3.8, 4) is 0 Å². The van der Waals surface area contributed by atoms with Gasteiger partial charge in [0.15, 0.2) is 0 Å². The molecule has 0 aromatic heterocycles. The summed E-state index contributed by atoms with van der Waals surface area (Å²) in [5.41, 5.74) is 7.17. The highest BCUT2D eigenvalue weighted by Gasteiger charge is 2.51. The second kappa shape index (κ2) is 2.96. The van der Waals surface area contributed by atoms with E-state index in [0.717, 1.165) is 12.0 Å². The Kier molecular flexibility index (Phi) is 1.94. The van der Waals surface area contributed by atoms with Gasteiger partial charge in [-0.15, -0.1) is 0 Å². The van der Waals surface area contributed by atoms with E-state index in [1.807, 2.05) is 0 Å². The molecule has 2 saturated carbocycles. The molecule has 2 heteroatoms. The summed E-state index contributed by atoms with van der Waals surface area (Å²) in [4.78, 5) is 2.74. The third-order valence-corrected chi connectivity index (χ3v) is 4.95. The lowest BCUT2D eigenvalue weighted by Crippen LogP contribution is -2.61. The molecule has 80 valence electrons. The topological polar surface area (TPSA) is 29.3 Å². The summed E-state index contributed by atoms with van der Waals surface area (Å²) in [5.74, 6) is 0. The van der Waals surface area contributed by atoms with Gasteiger partial charge in [-0.2, -0.15) is 0 Å². The minimum atomic E-state index is 0.440. The van der Waals surface area contributed by atoms with Gasteiger partial charge in [0.2, 0.25) is 0 Å². The molecule has 0 bridgehead atoms. The largest absolute Gasteiger partial charge is 0.329 e. The number of piperidine rings is 1. The smallest absolute Gasteiger partial charge is 0.0332 e. The van der Waals surface area contributed by atoms with Gasteiger partial charge in [0, 0.05) is 18.6 Å². The van der Waals surface area contributed by atoms with Crippen molar-refractivity contribution < 1.29 is 0 Å². The van der Waals surface area contributed by atoms with Crippen LogP contribution in [0.2, 0.25) is 0 Å². The maximum absolute atomic E-state index is 5.97. The third kappa shape index (κ3) is 1.24. The highest BCUT2D eigenvalue weighted by molar-refractivity contribution is 5.06. The van der Waals surface area contributed by atoms with Crippen LogP contribution in [0, 0.1) is 5.41 Å². The van der Waals surface area contributed by atoms with Gasteiger partial charge in [-0.05, 0) is 56.9 Å². The fourth-order valence-corrected chi connectivity index (χ4v) is 3.43. The van der Waals surface area contributed by atoms with Crippen LogP contribution < -0.4 is 5.73 Å². The summed E-state index contributed by atoms with van der Waals surface area (Å²) < 4.78 is 0. The first-order valence-electron chi connectivity index (χ1n) is 6.24. The van der Waals surface area contributed by atoms with Crippen molar-refractivity contribution in [2.45, 2.75) is 50.5 Å². The predicted molar refractivity (Wildman–Crippen MR) is 58.1 cm³/mol. The molecular formula is C12H22N2. The van der Waals surface area contributed by atoms with Crippen LogP contribution in [-0.4, -0.2) is 30.1 Å². The van der Waals surface area contributed by atoms with E-state index in [0.29, 0.717) is 5.54 Å². The second-order valence-electron chi connectivity index (χ2n) is 5.81. The Morgan fingerprint density at radius 3 is 2.29 bits per heavy atom. The molecule has 1 heterocycles. The molecule has 1 saturated heterocycles. The molecule has 0 radical (unpaired) electrons. The lowest BCUT2D eigenvalue weighted by molar-refractivity contribution is -0.0129. The molecule has 0 unspecified atom stereocenters. The molecular weight excluding hydrogens is 172 g/mol. The Balaban J connectivity index is 1.71. The van der Waals surface area contributed by atoms with Crippen molar-refractivity contribution in [1.29, 1.82) is 0 Å². The van der Waals surface area contributed by atoms with Crippen molar-refractivity contribution in [2.75, 3.05) is 19.6 Å². The Morgan fingerprint density at radius 2 is 1.79 bits per heavy atom. The molecule has 2 N–H and O–H groups in total. The van der Waals surface area contributed by atoms with Crippen molar-refractivity contribution in [2.24, 2.45) is 11.1 Å². The lowest BCUT2D eigenvalue weighted by Gasteiger charge is -2.53. The van der Waals surface area contributed by atoms with E-state index in [2.05, 4.69) is 4.90 Å². The summed E-state index contributed by atoms with van der Waals surface area (Å²) in [5, 5.41) is 0. The highest BCUT2D eigenvalue weighted by Crippen LogP contribution is 2.54. The van der Waals surface area contributed by atoms with Gasteiger partial charge >= 0.3 is 0 Å². The zero-order chi connectivity index (χ0) is 9.65. The molecule has 2 aliphatic carbocycles. The summed E-state index contributed by atoms with van der Waals surface area (Å²) in [6.45, 7) is 3.58. The van der Waals surface area contributed by atoms with E-state index in [4.69, 9.17) is 5.73 Å². The quantitative estimate of drug-likeness (QED) is 0.725. The zero-order valence-corrected chi connectivity index (χ0v) is 9.10. The summed E-state index contributed by atoms with van der Waals surface area (Å²) in [7, 11) is 0. The Bertz CT molecular complexity index is 223. The van der Waals surface area contributed by atoms with Gasteiger partial charge in [0.1, 0.15) is 0 Å². The van der Waals surface area contributed by atoms with Gasteiger partial charge in [-0.25, -0.2) is 0 Å². The molecule has 0 aromatic carbocycles. The first-order chi connectivity index (χ1) is 6.79. The van der Waals surface area contributed by atoms with Crippen LogP contribution in [0.4, 0.5) is 0 Å². The second-order valence-corrected chi connectivity index (χ2v) is 5.81. The molecule has 2 nitrogen and oxygen atoms in total. The lowest BCUT2D eigenvalue weighted by atomic mass is 9.73. The first-order valence-corrected chi connectivity index (χ1v) is 6.24. The van der Waals surface area contributed by atoms with Crippen molar-refractivity contribution in [3.05, 3.63) is 0 Å². The van der Waals surface area contributed by atoms with E-state index in [9.17, 15) is 0 Å². The third-order valence-electron chi connectivity index (χ3n) is 4.95. The minimum absolute atomic E-state index is 0.440. The van der Waals surface area contributed by atoms with Gasteiger partial charge in [-0.3, -0.25) is 4.90 Å². The Hall–Kier alpha value is -0.0800. The number of rotatable bonds is 2. The standard InChI is InChI=1S/C12H22N2/c13-9-12(4-1-5-12)14-8-2-3-11(10-14)6-7-11/h1-10,13H2.